The van der Waals surface area contributed by atoms with Gasteiger partial charge < -0.3 is 24.4 Å². The molecule has 1 saturated carbocycles. The van der Waals surface area contributed by atoms with E-state index >= 15 is 4.79 Å². The Labute approximate surface area is 337 Å². The maximum Gasteiger partial charge on any atom is 0.418 e. The summed E-state index contributed by atoms with van der Waals surface area (Å²) in [5.41, 5.74) is -1.34. The van der Waals surface area contributed by atoms with Gasteiger partial charge in [-0.05, 0) is 77.8 Å². The molecule has 4 heterocycles. The molecule has 0 spiro atoms. The van der Waals surface area contributed by atoms with Crippen molar-refractivity contribution < 1.29 is 38.2 Å². The van der Waals surface area contributed by atoms with Crippen LogP contribution in [0.25, 0.3) is 21.7 Å². The number of esters is 1. The predicted molar refractivity (Wildman–Crippen MR) is 215 cm³/mol. The zero-order valence-corrected chi connectivity index (χ0v) is 33.6. The van der Waals surface area contributed by atoms with Crippen molar-refractivity contribution in [1.29, 1.82) is 0 Å². The van der Waals surface area contributed by atoms with Crippen molar-refractivity contribution in [3.8, 4) is 5.88 Å². The molecule has 1 aliphatic carbocycles. The molecule has 4 amide bonds. The van der Waals surface area contributed by atoms with E-state index in [0.717, 1.165) is 33.9 Å². The Morgan fingerprint density at radius 2 is 1.67 bits per heavy atom. The van der Waals surface area contributed by atoms with E-state index in [2.05, 4.69) is 15.3 Å². The molecule has 2 aromatic heterocycles. The van der Waals surface area contributed by atoms with Crippen LogP contribution in [0.5, 0.6) is 5.88 Å². The van der Waals surface area contributed by atoms with Gasteiger partial charge in [0.05, 0.1) is 30.6 Å². The molecule has 0 unspecified atom stereocenters. The Hall–Kier alpha value is -5.92. The van der Waals surface area contributed by atoms with Crippen LogP contribution in [0.4, 0.5) is 4.79 Å². The number of amides is 4. The van der Waals surface area contributed by atoms with Crippen LogP contribution in [-0.2, 0) is 23.9 Å². The lowest BCUT2D eigenvalue weighted by Crippen LogP contribution is -2.60. The highest BCUT2D eigenvalue weighted by molar-refractivity contribution is 6.08. The summed E-state index contributed by atoms with van der Waals surface area (Å²) in [6.45, 7) is 8.38. The van der Waals surface area contributed by atoms with Crippen LogP contribution in [0.3, 0.4) is 0 Å². The van der Waals surface area contributed by atoms with Crippen molar-refractivity contribution in [2.24, 2.45) is 5.92 Å². The number of rotatable bonds is 6. The van der Waals surface area contributed by atoms with E-state index in [1.54, 1.807) is 34.6 Å². The van der Waals surface area contributed by atoms with Gasteiger partial charge in [0, 0.05) is 29.3 Å². The van der Waals surface area contributed by atoms with Gasteiger partial charge >= 0.3 is 12.1 Å². The summed E-state index contributed by atoms with van der Waals surface area (Å²) >= 11 is 0. The molecule has 2 fully saturated rings. The van der Waals surface area contributed by atoms with Crippen LogP contribution < -0.4 is 10.1 Å². The van der Waals surface area contributed by atoms with Gasteiger partial charge in [-0.15, -0.1) is 0 Å². The number of carbonyl (C=O) groups is 5. The van der Waals surface area contributed by atoms with Crippen LogP contribution in [0, 0.1) is 12.8 Å². The number of ether oxygens (including phenoxy) is 3. The Morgan fingerprint density at radius 3 is 2.40 bits per heavy atom. The number of imide groups is 1. The number of carbonyl (C=O) groups excluding carboxylic acids is 5. The van der Waals surface area contributed by atoms with Gasteiger partial charge in [-0.2, -0.15) is 0 Å². The molecule has 5 atom stereocenters. The molecule has 2 aliphatic heterocycles. The summed E-state index contributed by atoms with van der Waals surface area (Å²) < 4.78 is 18.0. The number of aryl methyl sites for hydroxylation is 1. The van der Waals surface area contributed by atoms with Crippen molar-refractivity contribution in [1.82, 2.24) is 30.1 Å². The maximum atomic E-state index is 15.3. The molecule has 4 aromatic rings. The third-order valence-electron chi connectivity index (χ3n) is 10.8. The summed E-state index contributed by atoms with van der Waals surface area (Å²) in [7, 11) is 0. The van der Waals surface area contributed by atoms with Crippen molar-refractivity contribution in [3.05, 3.63) is 84.5 Å². The summed E-state index contributed by atoms with van der Waals surface area (Å²) in [6, 6.07) is 13.1. The summed E-state index contributed by atoms with van der Waals surface area (Å²) in [6.07, 6.45) is 8.01. The molecule has 14 heteroatoms. The predicted octanol–water partition coefficient (Wildman–Crippen LogP) is 6.24. The third-order valence-corrected chi connectivity index (χ3v) is 10.8. The minimum atomic E-state index is -1.69. The van der Waals surface area contributed by atoms with Gasteiger partial charge in [0.15, 0.2) is 5.54 Å². The second kappa shape index (κ2) is 16.5. The first-order chi connectivity index (χ1) is 27.8. The highest BCUT2D eigenvalue weighted by atomic mass is 16.6. The topological polar surface area (TPSA) is 170 Å². The van der Waals surface area contributed by atoms with Crippen LogP contribution >= 0.6 is 0 Å². The monoisotopic (exact) mass is 790 g/mol. The average Bonchev–Trinajstić information content (AvgIpc) is 3.75. The number of aromatic nitrogens is 3. The number of nitrogens with one attached hydrogen (secondary N) is 1. The lowest BCUT2D eigenvalue weighted by Gasteiger charge is -2.35. The Balaban J connectivity index is 1.31. The molecule has 0 bridgehead atoms. The molecule has 1 saturated heterocycles. The summed E-state index contributed by atoms with van der Waals surface area (Å²) in [5.74, 6) is -2.87. The second-order valence-corrected chi connectivity index (χ2v) is 16.2. The SMILES string of the molecule is CCOC(=O)[C@@]12C[C@H]1C=CCCCCC[C@H](NC(=O)c1cnc(C)cn1)C(=O)N1C[C@H](Oc3nc4ccccc4c4ccccc34)C[C@H]1C(=O)N2C(=O)OC(C)(C)C. The third kappa shape index (κ3) is 8.23. The molecular formula is C44H50N6O8. The van der Waals surface area contributed by atoms with Gasteiger partial charge in [-0.1, -0.05) is 61.4 Å². The number of hydrogen-bond donors (Lipinski definition) is 1. The van der Waals surface area contributed by atoms with Crippen LogP contribution in [0.15, 0.2) is 73.1 Å². The minimum Gasteiger partial charge on any atom is -0.472 e. The lowest BCUT2D eigenvalue weighted by molar-refractivity contribution is -0.159. The van der Waals surface area contributed by atoms with Crippen molar-refractivity contribution in [2.75, 3.05) is 13.2 Å². The van der Waals surface area contributed by atoms with Gasteiger partial charge in [-0.3, -0.25) is 19.4 Å². The fraction of sp³-hybridized carbons (Fsp3) is 0.455. The number of benzene rings is 2. The fourth-order valence-corrected chi connectivity index (χ4v) is 7.98. The van der Waals surface area contributed by atoms with Crippen molar-refractivity contribution >= 4 is 51.5 Å². The standard InChI is InChI=1S/C44H50N6O8/c1-6-56-41(54)44-23-28(44)16-10-8-7-9-11-21-34(47-37(51)35-25-45-27(2)24-46-35)39(52)49-26-29(22-36(49)40(53)50(44)42(55)58-43(3,4)5)57-38-32-19-13-12-17-30(32)31-18-14-15-20-33(31)48-38/h10,12-20,24-25,28-29,34,36H,6-9,11,21-23,26H2,1-5H3,(H,47,51)/t28-,29-,34+,36+,44-/m1/s1. The smallest absolute Gasteiger partial charge is 0.418 e. The molecule has 2 aromatic carbocycles. The normalized spacial score (nSPS) is 24.0. The van der Waals surface area contributed by atoms with Crippen LogP contribution in [0.1, 0.15) is 88.8 Å². The molecule has 304 valence electrons. The van der Waals surface area contributed by atoms with Crippen LogP contribution in [-0.4, -0.2) is 97.0 Å². The number of pyridine rings is 1. The Morgan fingerprint density at radius 1 is 0.931 bits per heavy atom. The lowest BCUT2D eigenvalue weighted by atomic mass is 10.0. The molecule has 14 nitrogen and oxygen atoms in total. The fourth-order valence-electron chi connectivity index (χ4n) is 7.98. The van der Waals surface area contributed by atoms with E-state index < -0.39 is 65.0 Å². The minimum absolute atomic E-state index is 0.0246. The van der Waals surface area contributed by atoms with E-state index in [9.17, 15) is 19.2 Å². The van der Waals surface area contributed by atoms with Gasteiger partial charge in [0.2, 0.25) is 11.8 Å². The molecule has 0 radical (unpaired) electrons. The number of para-hydroxylation sites is 1. The summed E-state index contributed by atoms with van der Waals surface area (Å²) in [4.78, 5) is 87.6. The highest BCUT2D eigenvalue weighted by Crippen LogP contribution is 2.52. The van der Waals surface area contributed by atoms with E-state index in [-0.39, 0.29) is 38.1 Å². The van der Waals surface area contributed by atoms with E-state index in [1.165, 1.54) is 17.3 Å². The quantitative estimate of drug-likeness (QED) is 0.133. The molecule has 58 heavy (non-hydrogen) atoms. The van der Waals surface area contributed by atoms with Gasteiger partial charge in [-0.25, -0.2) is 24.5 Å². The molecule has 7 rings (SSSR count). The maximum absolute atomic E-state index is 15.3. The number of fused-ring (bicyclic) bond motifs is 5. The summed E-state index contributed by atoms with van der Waals surface area (Å²) in [5, 5.41) is 5.48. The highest BCUT2D eigenvalue weighted by Gasteiger charge is 2.69. The number of nitrogens with zero attached hydrogens (tertiary/aromatic N) is 5. The first-order valence-corrected chi connectivity index (χ1v) is 20.1. The molecule has 1 N–H and O–H groups in total. The van der Waals surface area contributed by atoms with E-state index in [4.69, 9.17) is 19.2 Å². The molecular weight excluding hydrogens is 741 g/mol. The van der Waals surface area contributed by atoms with Crippen LogP contribution in [0.2, 0.25) is 0 Å². The number of allylic oxidation sites excluding steroid dienone is 1. The second-order valence-electron chi connectivity index (χ2n) is 16.2. The van der Waals surface area contributed by atoms with Crippen molar-refractivity contribution in [2.45, 2.75) is 109 Å². The molecule has 3 aliphatic rings. The Bertz CT molecular complexity index is 2250. The Kier molecular flexibility index (Phi) is 11.5. The largest absolute Gasteiger partial charge is 0.472 e. The first kappa shape index (κ1) is 40.3. The first-order valence-electron chi connectivity index (χ1n) is 20.1. The van der Waals surface area contributed by atoms with Crippen molar-refractivity contribution in [3.63, 3.8) is 0 Å². The van der Waals surface area contributed by atoms with Gasteiger partial charge in [0.1, 0.15) is 29.5 Å². The zero-order valence-electron chi connectivity index (χ0n) is 33.6. The zero-order chi connectivity index (χ0) is 41.2. The van der Waals surface area contributed by atoms with E-state index in [1.807, 2.05) is 60.7 Å². The van der Waals surface area contributed by atoms with E-state index in [0.29, 0.717) is 29.9 Å². The van der Waals surface area contributed by atoms with Gasteiger partial charge in [0.25, 0.3) is 11.8 Å². The average molecular weight is 791 g/mol. The number of hydrogen-bond acceptors (Lipinski definition) is 11.